The molecule has 2 unspecified atom stereocenters. The van der Waals surface area contributed by atoms with E-state index in [9.17, 15) is 0 Å². The normalized spacial score (nSPS) is 14.8. The van der Waals surface area contributed by atoms with Crippen LogP contribution in [0.5, 0.6) is 0 Å². The first-order chi connectivity index (χ1) is 7.54. The lowest BCUT2D eigenvalue weighted by Gasteiger charge is -2.18. The van der Waals surface area contributed by atoms with Crippen molar-refractivity contribution in [3.8, 4) is 0 Å². The van der Waals surface area contributed by atoms with Crippen molar-refractivity contribution in [1.29, 1.82) is 0 Å². The molecule has 16 heavy (non-hydrogen) atoms. The van der Waals surface area contributed by atoms with Crippen LogP contribution in [0.1, 0.15) is 12.5 Å². The molecule has 90 valence electrons. The number of hydrogen-bond acceptors (Lipinski definition) is 3. The van der Waals surface area contributed by atoms with Gasteiger partial charge in [0.15, 0.2) is 6.29 Å². The van der Waals surface area contributed by atoms with Crippen LogP contribution in [0, 0.1) is 0 Å². The van der Waals surface area contributed by atoms with Gasteiger partial charge in [-0.2, -0.15) is 0 Å². The maximum atomic E-state index is 9.10. The maximum absolute atomic E-state index is 9.10. The Bertz CT molecular complexity index is 322. The van der Waals surface area contributed by atoms with Crippen molar-refractivity contribution in [2.75, 3.05) is 6.61 Å². The van der Waals surface area contributed by atoms with Gasteiger partial charge in [-0.1, -0.05) is 29.3 Å². The molecule has 1 aromatic rings. The van der Waals surface area contributed by atoms with Gasteiger partial charge < -0.3 is 14.9 Å². The fraction of sp³-hybridized carbons (Fsp3) is 0.455. The second-order valence-corrected chi connectivity index (χ2v) is 4.26. The average Bonchev–Trinajstić information content (AvgIpc) is 2.21. The van der Waals surface area contributed by atoms with Crippen LogP contribution in [0.25, 0.3) is 0 Å². The van der Waals surface area contributed by atoms with Gasteiger partial charge in [-0.05, 0) is 24.6 Å². The summed E-state index contributed by atoms with van der Waals surface area (Å²) in [5.41, 5.74) is 0.713. The fourth-order valence-electron chi connectivity index (χ4n) is 1.39. The molecule has 0 radical (unpaired) electrons. The Hall–Kier alpha value is -0.320. The highest BCUT2D eigenvalue weighted by molar-refractivity contribution is 6.35. The molecule has 2 atom stereocenters. The Balaban J connectivity index is 2.77. The molecule has 2 N–H and O–H groups in total. The van der Waals surface area contributed by atoms with Crippen molar-refractivity contribution in [2.45, 2.75) is 25.7 Å². The molecule has 0 heterocycles. The number of halogens is 2. The molecule has 1 rings (SSSR count). The summed E-state index contributed by atoms with van der Waals surface area (Å²) in [5.74, 6) is 0. The van der Waals surface area contributed by atoms with Crippen LogP contribution in [-0.2, 0) is 11.2 Å². The standard InChI is InChI=1S/C11H14Cl2O3/c1-7(15)16-8(6-14)5-9-10(12)3-2-4-11(9)13/h2-4,7-8,14-15H,5-6H2,1H3. The average molecular weight is 265 g/mol. The first kappa shape index (κ1) is 13.7. The van der Waals surface area contributed by atoms with Crippen molar-refractivity contribution in [3.63, 3.8) is 0 Å². The zero-order chi connectivity index (χ0) is 12.1. The van der Waals surface area contributed by atoms with E-state index in [4.69, 9.17) is 38.2 Å². The van der Waals surface area contributed by atoms with Crippen molar-refractivity contribution in [2.24, 2.45) is 0 Å². The summed E-state index contributed by atoms with van der Waals surface area (Å²) in [6.45, 7) is 1.28. The molecule has 1 aromatic carbocycles. The third kappa shape index (κ3) is 3.92. The zero-order valence-electron chi connectivity index (χ0n) is 8.86. The van der Waals surface area contributed by atoms with Gasteiger partial charge in [0.05, 0.1) is 12.7 Å². The summed E-state index contributed by atoms with van der Waals surface area (Å²) in [6, 6.07) is 5.19. The van der Waals surface area contributed by atoms with Crippen LogP contribution in [0.15, 0.2) is 18.2 Å². The highest BCUT2D eigenvalue weighted by Gasteiger charge is 2.15. The number of benzene rings is 1. The lowest BCUT2D eigenvalue weighted by Crippen LogP contribution is -2.25. The van der Waals surface area contributed by atoms with Crippen LogP contribution >= 0.6 is 23.2 Å². The second kappa shape index (κ2) is 6.42. The van der Waals surface area contributed by atoms with Gasteiger partial charge in [-0.3, -0.25) is 0 Å². The number of aliphatic hydroxyl groups is 2. The van der Waals surface area contributed by atoms with E-state index in [1.165, 1.54) is 6.92 Å². The van der Waals surface area contributed by atoms with E-state index in [0.717, 1.165) is 0 Å². The molecule has 0 saturated heterocycles. The van der Waals surface area contributed by atoms with Gasteiger partial charge in [-0.15, -0.1) is 0 Å². The van der Waals surface area contributed by atoms with E-state index >= 15 is 0 Å². The van der Waals surface area contributed by atoms with Crippen molar-refractivity contribution in [1.82, 2.24) is 0 Å². The molecule has 0 aliphatic carbocycles. The van der Waals surface area contributed by atoms with Crippen LogP contribution in [0.4, 0.5) is 0 Å². The summed E-state index contributed by atoms with van der Waals surface area (Å²) in [7, 11) is 0. The third-order valence-corrected chi connectivity index (χ3v) is 2.79. The number of hydrogen-bond donors (Lipinski definition) is 2. The largest absolute Gasteiger partial charge is 0.394 e. The molecule has 0 aliphatic rings. The molecule has 0 aliphatic heterocycles. The molecule has 0 saturated carbocycles. The molecule has 0 fully saturated rings. The van der Waals surface area contributed by atoms with Gasteiger partial charge in [-0.25, -0.2) is 0 Å². The van der Waals surface area contributed by atoms with Crippen LogP contribution in [-0.4, -0.2) is 29.2 Å². The summed E-state index contributed by atoms with van der Waals surface area (Å²) >= 11 is 12.0. The highest BCUT2D eigenvalue weighted by atomic mass is 35.5. The molecule has 3 nitrogen and oxygen atoms in total. The minimum absolute atomic E-state index is 0.202. The summed E-state index contributed by atoms with van der Waals surface area (Å²) in [4.78, 5) is 0. The predicted molar refractivity (Wildman–Crippen MR) is 63.8 cm³/mol. The van der Waals surface area contributed by atoms with Crippen LogP contribution in [0.3, 0.4) is 0 Å². The lowest BCUT2D eigenvalue weighted by molar-refractivity contribution is -0.134. The van der Waals surface area contributed by atoms with E-state index in [-0.39, 0.29) is 6.61 Å². The molecule has 0 spiro atoms. The van der Waals surface area contributed by atoms with E-state index in [1.807, 2.05) is 0 Å². The fourth-order valence-corrected chi connectivity index (χ4v) is 1.94. The van der Waals surface area contributed by atoms with Gasteiger partial charge in [0.25, 0.3) is 0 Å². The Kier molecular flexibility index (Phi) is 5.52. The van der Waals surface area contributed by atoms with Gasteiger partial charge in [0.1, 0.15) is 0 Å². The first-order valence-corrected chi connectivity index (χ1v) is 5.67. The van der Waals surface area contributed by atoms with Crippen LogP contribution < -0.4 is 0 Å². The quantitative estimate of drug-likeness (QED) is 0.803. The minimum atomic E-state index is -0.932. The van der Waals surface area contributed by atoms with Crippen molar-refractivity contribution >= 4 is 23.2 Å². The molecule has 0 aromatic heterocycles. The number of ether oxygens (including phenoxy) is 1. The van der Waals surface area contributed by atoms with E-state index in [1.54, 1.807) is 18.2 Å². The maximum Gasteiger partial charge on any atom is 0.152 e. The molecular formula is C11H14Cl2O3. The number of rotatable bonds is 5. The molecular weight excluding hydrogens is 251 g/mol. The highest BCUT2D eigenvalue weighted by Crippen LogP contribution is 2.26. The smallest absolute Gasteiger partial charge is 0.152 e. The monoisotopic (exact) mass is 264 g/mol. The van der Waals surface area contributed by atoms with Gasteiger partial charge in [0.2, 0.25) is 0 Å². The Morgan fingerprint density at radius 1 is 1.31 bits per heavy atom. The van der Waals surface area contributed by atoms with Crippen molar-refractivity contribution in [3.05, 3.63) is 33.8 Å². The Morgan fingerprint density at radius 3 is 2.31 bits per heavy atom. The molecule has 0 bridgehead atoms. The van der Waals surface area contributed by atoms with Crippen LogP contribution in [0.2, 0.25) is 10.0 Å². The second-order valence-electron chi connectivity index (χ2n) is 3.44. The van der Waals surface area contributed by atoms with Gasteiger partial charge >= 0.3 is 0 Å². The van der Waals surface area contributed by atoms with Gasteiger partial charge in [0, 0.05) is 16.5 Å². The lowest BCUT2D eigenvalue weighted by atomic mass is 10.1. The first-order valence-electron chi connectivity index (χ1n) is 4.92. The summed E-state index contributed by atoms with van der Waals surface area (Å²) < 4.78 is 5.10. The SMILES string of the molecule is CC(O)OC(CO)Cc1c(Cl)cccc1Cl. The molecule has 5 heteroatoms. The number of aliphatic hydroxyl groups excluding tert-OH is 2. The van der Waals surface area contributed by atoms with E-state index in [2.05, 4.69) is 0 Å². The minimum Gasteiger partial charge on any atom is -0.394 e. The summed E-state index contributed by atoms with van der Waals surface area (Å²) in [6.07, 6.45) is -1.09. The van der Waals surface area contributed by atoms with E-state index < -0.39 is 12.4 Å². The topological polar surface area (TPSA) is 49.7 Å². The molecule has 0 amide bonds. The third-order valence-electron chi connectivity index (χ3n) is 2.09. The Morgan fingerprint density at radius 2 is 1.88 bits per heavy atom. The zero-order valence-corrected chi connectivity index (χ0v) is 10.4. The Labute approximate surface area is 105 Å². The summed E-state index contributed by atoms with van der Waals surface area (Å²) in [5, 5.41) is 19.2. The van der Waals surface area contributed by atoms with Crippen molar-refractivity contribution < 1.29 is 14.9 Å². The van der Waals surface area contributed by atoms with E-state index in [0.29, 0.717) is 22.0 Å². The predicted octanol–water partition coefficient (Wildman–Crippen LogP) is 2.25.